The van der Waals surface area contributed by atoms with Gasteiger partial charge in [0.2, 0.25) is 0 Å². The van der Waals surface area contributed by atoms with Gasteiger partial charge >= 0.3 is 6.03 Å². The fourth-order valence-corrected chi connectivity index (χ4v) is 2.20. The molecular weight excluding hydrogens is 260 g/mol. The van der Waals surface area contributed by atoms with E-state index in [4.69, 9.17) is 0 Å². The molecule has 108 valence electrons. The third kappa shape index (κ3) is 3.24. The van der Waals surface area contributed by atoms with Crippen LogP contribution in [0.25, 0.3) is 0 Å². The van der Waals surface area contributed by atoms with Crippen molar-refractivity contribution in [2.24, 2.45) is 0 Å². The molecule has 2 amide bonds. The normalized spacial score (nSPS) is 22.4. The van der Waals surface area contributed by atoms with Crippen molar-refractivity contribution in [1.82, 2.24) is 10.2 Å². The van der Waals surface area contributed by atoms with E-state index in [2.05, 4.69) is 10.6 Å². The second kappa shape index (κ2) is 5.87. The van der Waals surface area contributed by atoms with Crippen LogP contribution in [0.3, 0.4) is 0 Å². The largest absolute Gasteiger partial charge is 0.322 e. The van der Waals surface area contributed by atoms with Crippen LogP contribution in [-0.2, 0) is 0 Å². The van der Waals surface area contributed by atoms with E-state index < -0.39 is 4.92 Å². The predicted molar refractivity (Wildman–Crippen MR) is 75.7 cm³/mol. The van der Waals surface area contributed by atoms with Gasteiger partial charge in [0.15, 0.2) is 0 Å². The molecule has 0 saturated carbocycles. The number of benzene rings is 1. The van der Waals surface area contributed by atoms with Gasteiger partial charge in [0.05, 0.1) is 4.92 Å². The molecular formula is C13H18N4O3. The van der Waals surface area contributed by atoms with Crippen molar-refractivity contribution in [1.29, 1.82) is 0 Å². The number of nitro groups is 1. The number of carbonyl (C=O) groups excluding carboxylic acids is 1. The van der Waals surface area contributed by atoms with Crippen LogP contribution in [0.4, 0.5) is 16.2 Å². The van der Waals surface area contributed by atoms with Gasteiger partial charge in [-0.15, -0.1) is 0 Å². The van der Waals surface area contributed by atoms with Crippen LogP contribution >= 0.6 is 0 Å². The number of hydrogen-bond donors (Lipinski definition) is 2. The van der Waals surface area contributed by atoms with E-state index in [0.29, 0.717) is 12.2 Å². The lowest BCUT2D eigenvalue weighted by molar-refractivity contribution is -0.384. The summed E-state index contributed by atoms with van der Waals surface area (Å²) >= 11 is 0. The zero-order chi connectivity index (χ0) is 14.7. The Bertz CT molecular complexity index is 520. The highest BCUT2D eigenvalue weighted by atomic mass is 16.6. The van der Waals surface area contributed by atoms with Crippen LogP contribution in [0.2, 0.25) is 0 Å². The highest BCUT2D eigenvalue weighted by Crippen LogP contribution is 2.18. The van der Waals surface area contributed by atoms with Crippen LogP contribution in [0, 0.1) is 10.1 Å². The van der Waals surface area contributed by atoms with Gasteiger partial charge in [-0.2, -0.15) is 0 Å². The average Bonchev–Trinajstić information content (AvgIpc) is 2.41. The molecule has 1 fully saturated rings. The van der Waals surface area contributed by atoms with E-state index in [1.54, 1.807) is 17.0 Å². The number of anilines is 1. The average molecular weight is 278 g/mol. The fraction of sp³-hybridized carbons (Fsp3) is 0.462. The highest BCUT2D eigenvalue weighted by molar-refractivity contribution is 5.90. The summed E-state index contributed by atoms with van der Waals surface area (Å²) in [4.78, 5) is 24.2. The lowest BCUT2D eigenvalue weighted by Gasteiger charge is -2.37. The Balaban J connectivity index is 2.07. The minimum absolute atomic E-state index is 0.0375. The third-order valence-corrected chi connectivity index (χ3v) is 3.33. The SMILES string of the molecule is CC1CN(C(=O)Nc2cccc([N+](=O)[O-])c2)C(C)CN1. The second-order valence-electron chi connectivity index (χ2n) is 5.05. The third-order valence-electron chi connectivity index (χ3n) is 3.33. The number of nitrogens with one attached hydrogen (secondary N) is 2. The Kier molecular flexibility index (Phi) is 4.19. The summed E-state index contributed by atoms with van der Waals surface area (Å²) in [5.41, 5.74) is 0.395. The molecule has 1 saturated heterocycles. The minimum Gasteiger partial charge on any atom is -0.319 e. The molecule has 7 nitrogen and oxygen atoms in total. The zero-order valence-electron chi connectivity index (χ0n) is 11.5. The van der Waals surface area contributed by atoms with Crippen molar-refractivity contribution < 1.29 is 9.72 Å². The lowest BCUT2D eigenvalue weighted by Crippen LogP contribution is -2.57. The Morgan fingerprint density at radius 1 is 1.50 bits per heavy atom. The molecule has 0 aromatic heterocycles. The van der Waals surface area contributed by atoms with Crippen LogP contribution in [0.15, 0.2) is 24.3 Å². The van der Waals surface area contributed by atoms with E-state index in [0.717, 1.165) is 6.54 Å². The predicted octanol–water partition coefficient (Wildman–Crippen LogP) is 1.81. The monoisotopic (exact) mass is 278 g/mol. The van der Waals surface area contributed by atoms with E-state index in [1.807, 2.05) is 13.8 Å². The second-order valence-corrected chi connectivity index (χ2v) is 5.05. The summed E-state index contributed by atoms with van der Waals surface area (Å²) in [6.07, 6.45) is 0. The molecule has 1 aliphatic rings. The maximum atomic E-state index is 12.2. The molecule has 0 spiro atoms. The molecule has 2 atom stereocenters. The molecule has 1 aliphatic heterocycles. The maximum absolute atomic E-state index is 12.2. The van der Waals surface area contributed by atoms with E-state index in [9.17, 15) is 14.9 Å². The number of amides is 2. The molecule has 1 heterocycles. The topological polar surface area (TPSA) is 87.5 Å². The molecule has 0 bridgehead atoms. The molecule has 7 heteroatoms. The highest BCUT2D eigenvalue weighted by Gasteiger charge is 2.26. The summed E-state index contributed by atoms with van der Waals surface area (Å²) in [5.74, 6) is 0. The molecule has 0 aliphatic carbocycles. The van der Waals surface area contributed by atoms with Crippen molar-refractivity contribution in [2.75, 3.05) is 18.4 Å². The molecule has 2 rings (SSSR count). The maximum Gasteiger partial charge on any atom is 0.322 e. The van der Waals surface area contributed by atoms with Crippen molar-refractivity contribution in [3.63, 3.8) is 0 Å². The van der Waals surface area contributed by atoms with E-state index in [1.165, 1.54) is 12.1 Å². The Labute approximate surface area is 117 Å². The van der Waals surface area contributed by atoms with Crippen LogP contribution in [-0.4, -0.2) is 41.0 Å². The summed E-state index contributed by atoms with van der Waals surface area (Å²) in [6, 6.07) is 6.04. The van der Waals surface area contributed by atoms with Crippen molar-refractivity contribution in [2.45, 2.75) is 25.9 Å². The number of non-ortho nitro benzene ring substituents is 1. The number of nitro benzene ring substituents is 1. The van der Waals surface area contributed by atoms with Crippen molar-refractivity contribution >= 4 is 17.4 Å². The van der Waals surface area contributed by atoms with Gasteiger partial charge in [-0.1, -0.05) is 6.07 Å². The fourth-order valence-electron chi connectivity index (χ4n) is 2.20. The van der Waals surface area contributed by atoms with Gasteiger partial charge in [-0.25, -0.2) is 4.79 Å². The van der Waals surface area contributed by atoms with Gasteiger partial charge in [-0.3, -0.25) is 10.1 Å². The lowest BCUT2D eigenvalue weighted by atomic mass is 10.1. The van der Waals surface area contributed by atoms with Crippen molar-refractivity contribution in [3.05, 3.63) is 34.4 Å². The minimum atomic E-state index is -0.481. The smallest absolute Gasteiger partial charge is 0.319 e. The summed E-state index contributed by atoms with van der Waals surface area (Å²) < 4.78 is 0. The quantitative estimate of drug-likeness (QED) is 0.638. The first-order chi connectivity index (χ1) is 9.47. The summed E-state index contributed by atoms with van der Waals surface area (Å²) in [6.45, 7) is 5.33. The van der Waals surface area contributed by atoms with Gasteiger partial charge in [0, 0.05) is 43.0 Å². The van der Waals surface area contributed by atoms with Crippen LogP contribution in [0.5, 0.6) is 0 Å². The Morgan fingerprint density at radius 2 is 2.25 bits per heavy atom. The number of hydrogen-bond acceptors (Lipinski definition) is 4. The molecule has 2 N–H and O–H groups in total. The zero-order valence-corrected chi connectivity index (χ0v) is 11.5. The molecule has 2 unspecified atom stereocenters. The first kappa shape index (κ1) is 14.3. The van der Waals surface area contributed by atoms with E-state index >= 15 is 0 Å². The van der Waals surface area contributed by atoms with Gasteiger partial charge in [0.1, 0.15) is 0 Å². The Morgan fingerprint density at radius 3 is 2.95 bits per heavy atom. The number of piperazine rings is 1. The molecule has 1 aromatic rings. The number of nitrogens with zero attached hydrogens (tertiary/aromatic N) is 2. The first-order valence-corrected chi connectivity index (χ1v) is 6.53. The van der Waals surface area contributed by atoms with Gasteiger partial charge in [0.25, 0.3) is 5.69 Å². The van der Waals surface area contributed by atoms with Gasteiger partial charge in [-0.05, 0) is 19.9 Å². The van der Waals surface area contributed by atoms with Crippen molar-refractivity contribution in [3.8, 4) is 0 Å². The first-order valence-electron chi connectivity index (χ1n) is 6.53. The van der Waals surface area contributed by atoms with Crippen LogP contribution in [0.1, 0.15) is 13.8 Å². The number of urea groups is 1. The van der Waals surface area contributed by atoms with Gasteiger partial charge < -0.3 is 15.5 Å². The van der Waals surface area contributed by atoms with Crippen LogP contribution < -0.4 is 10.6 Å². The standard InChI is InChI=1S/C13H18N4O3/c1-9-8-16(10(2)7-14-9)13(18)15-11-4-3-5-12(6-11)17(19)20/h3-6,9-10,14H,7-8H2,1-2H3,(H,15,18). The molecule has 1 aromatic carbocycles. The summed E-state index contributed by atoms with van der Waals surface area (Å²) in [5, 5.41) is 16.7. The molecule has 0 radical (unpaired) electrons. The Hall–Kier alpha value is -2.15. The van der Waals surface area contributed by atoms with E-state index in [-0.39, 0.29) is 23.8 Å². The molecule has 20 heavy (non-hydrogen) atoms. The number of carbonyl (C=O) groups is 1. The summed E-state index contributed by atoms with van der Waals surface area (Å²) in [7, 11) is 0. The number of rotatable bonds is 2.